The summed E-state index contributed by atoms with van der Waals surface area (Å²) in [4.78, 5) is 12.8. The Bertz CT molecular complexity index is 523. The van der Waals surface area contributed by atoms with Gasteiger partial charge in [0.05, 0.1) is 18.8 Å². The lowest BCUT2D eigenvalue weighted by Gasteiger charge is -2.31. The third-order valence-corrected chi connectivity index (χ3v) is 4.90. The molecule has 0 unspecified atom stereocenters. The Morgan fingerprint density at radius 3 is 2.91 bits per heavy atom. The third-order valence-electron chi connectivity index (χ3n) is 4.90. The van der Waals surface area contributed by atoms with Crippen LogP contribution >= 0.6 is 0 Å². The number of methoxy groups -OCH3 is 1. The average Bonchev–Trinajstić information content (AvgIpc) is 2.85. The van der Waals surface area contributed by atoms with Crippen LogP contribution in [0.1, 0.15) is 37.7 Å². The molecule has 1 aliphatic heterocycles. The number of amides is 1. The van der Waals surface area contributed by atoms with Crippen LogP contribution in [0.25, 0.3) is 0 Å². The SMILES string of the molecule is COCC1(NC(=O)[C@H]2CCOc3ccccc3C2)CCCC1. The second kappa shape index (κ2) is 6.69. The summed E-state index contributed by atoms with van der Waals surface area (Å²) in [6.07, 6.45) is 5.90. The Morgan fingerprint density at radius 2 is 2.14 bits per heavy atom. The van der Waals surface area contributed by atoms with E-state index in [4.69, 9.17) is 9.47 Å². The maximum atomic E-state index is 12.8. The quantitative estimate of drug-likeness (QED) is 0.930. The van der Waals surface area contributed by atoms with Crippen molar-refractivity contribution < 1.29 is 14.3 Å². The number of para-hydroxylation sites is 1. The lowest BCUT2D eigenvalue weighted by atomic mass is 9.92. The Morgan fingerprint density at radius 1 is 1.36 bits per heavy atom. The van der Waals surface area contributed by atoms with Gasteiger partial charge in [0.2, 0.25) is 5.91 Å². The van der Waals surface area contributed by atoms with Crippen LogP contribution < -0.4 is 10.1 Å². The number of hydrogen-bond donors (Lipinski definition) is 1. The molecule has 1 N–H and O–H groups in total. The molecule has 1 saturated carbocycles. The molecule has 1 fully saturated rings. The second-order valence-electron chi connectivity index (χ2n) is 6.56. The zero-order valence-electron chi connectivity index (χ0n) is 13.3. The van der Waals surface area contributed by atoms with Gasteiger partial charge in [-0.05, 0) is 37.3 Å². The van der Waals surface area contributed by atoms with E-state index in [1.54, 1.807) is 7.11 Å². The maximum absolute atomic E-state index is 12.8. The van der Waals surface area contributed by atoms with Crippen molar-refractivity contribution in [1.82, 2.24) is 5.32 Å². The topological polar surface area (TPSA) is 47.6 Å². The fourth-order valence-electron chi connectivity index (χ4n) is 3.71. The minimum atomic E-state index is -0.154. The van der Waals surface area contributed by atoms with Crippen molar-refractivity contribution in [3.63, 3.8) is 0 Å². The predicted octanol–water partition coefficient (Wildman–Crippen LogP) is 2.70. The van der Waals surface area contributed by atoms with Gasteiger partial charge in [-0.1, -0.05) is 31.0 Å². The van der Waals surface area contributed by atoms with E-state index in [9.17, 15) is 4.79 Å². The fraction of sp³-hybridized carbons (Fsp3) is 0.611. The van der Waals surface area contributed by atoms with Gasteiger partial charge in [-0.2, -0.15) is 0 Å². The summed E-state index contributed by atoms with van der Waals surface area (Å²) in [6, 6.07) is 8.03. The van der Waals surface area contributed by atoms with Crippen LogP contribution in [0, 0.1) is 5.92 Å². The molecule has 120 valence electrons. The minimum absolute atomic E-state index is 0.0158. The number of rotatable bonds is 4. The first-order valence-corrected chi connectivity index (χ1v) is 8.24. The highest BCUT2D eigenvalue weighted by Crippen LogP contribution is 2.32. The van der Waals surface area contributed by atoms with Gasteiger partial charge < -0.3 is 14.8 Å². The fourth-order valence-corrected chi connectivity index (χ4v) is 3.71. The molecule has 1 heterocycles. The molecule has 2 aliphatic rings. The highest BCUT2D eigenvalue weighted by atomic mass is 16.5. The smallest absolute Gasteiger partial charge is 0.224 e. The van der Waals surface area contributed by atoms with E-state index in [-0.39, 0.29) is 17.4 Å². The standard InChI is InChI=1S/C18H25NO3/c1-21-13-18(9-4-5-10-18)19-17(20)15-8-11-22-16-7-3-2-6-14(16)12-15/h2-3,6-7,15H,4-5,8-13H2,1H3,(H,19,20)/t15-/m0/s1. The van der Waals surface area contributed by atoms with E-state index in [0.29, 0.717) is 13.2 Å². The summed E-state index contributed by atoms with van der Waals surface area (Å²) in [6.45, 7) is 1.21. The van der Waals surface area contributed by atoms with Gasteiger partial charge in [-0.15, -0.1) is 0 Å². The molecule has 0 bridgehead atoms. The lowest BCUT2D eigenvalue weighted by molar-refractivity contribution is -0.128. The van der Waals surface area contributed by atoms with Gasteiger partial charge in [0.25, 0.3) is 0 Å². The molecule has 1 atom stereocenters. The Balaban J connectivity index is 1.69. The normalized spacial score (nSPS) is 23.2. The molecule has 1 amide bonds. The van der Waals surface area contributed by atoms with E-state index in [0.717, 1.165) is 37.0 Å². The highest BCUT2D eigenvalue weighted by Gasteiger charge is 2.37. The first kappa shape index (κ1) is 15.3. The highest BCUT2D eigenvalue weighted by molar-refractivity contribution is 5.80. The third kappa shape index (κ3) is 3.27. The number of ether oxygens (including phenoxy) is 2. The average molecular weight is 303 g/mol. The van der Waals surface area contributed by atoms with Gasteiger partial charge in [-0.25, -0.2) is 0 Å². The van der Waals surface area contributed by atoms with Gasteiger partial charge >= 0.3 is 0 Å². The van der Waals surface area contributed by atoms with Crippen molar-refractivity contribution in [3.05, 3.63) is 29.8 Å². The van der Waals surface area contributed by atoms with E-state index >= 15 is 0 Å². The first-order valence-electron chi connectivity index (χ1n) is 8.24. The summed E-state index contributed by atoms with van der Waals surface area (Å²) < 4.78 is 11.1. The first-order chi connectivity index (χ1) is 10.7. The van der Waals surface area contributed by atoms with Crippen LogP contribution in [-0.2, 0) is 16.0 Å². The van der Waals surface area contributed by atoms with Crippen LogP contribution in [0.5, 0.6) is 5.75 Å². The van der Waals surface area contributed by atoms with E-state index in [2.05, 4.69) is 11.4 Å². The largest absolute Gasteiger partial charge is 0.493 e. The van der Waals surface area contributed by atoms with Gasteiger partial charge in [0.1, 0.15) is 5.75 Å². The van der Waals surface area contributed by atoms with Gasteiger partial charge in [-0.3, -0.25) is 4.79 Å². The number of benzene rings is 1. The summed E-state index contributed by atoms with van der Waals surface area (Å²) in [5, 5.41) is 3.30. The predicted molar refractivity (Wildman–Crippen MR) is 85.0 cm³/mol. The maximum Gasteiger partial charge on any atom is 0.224 e. The monoisotopic (exact) mass is 303 g/mol. The Labute approximate surface area is 132 Å². The molecule has 3 rings (SSSR count). The van der Waals surface area contributed by atoms with Crippen LogP contribution in [0.15, 0.2) is 24.3 Å². The van der Waals surface area contributed by atoms with Crippen molar-refractivity contribution in [3.8, 4) is 5.75 Å². The van der Waals surface area contributed by atoms with Crippen molar-refractivity contribution in [2.75, 3.05) is 20.3 Å². The van der Waals surface area contributed by atoms with Crippen molar-refractivity contribution in [1.29, 1.82) is 0 Å². The second-order valence-corrected chi connectivity index (χ2v) is 6.56. The Kier molecular flexibility index (Phi) is 4.67. The number of fused-ring (bicyclic) bond motifs is 1. The number of hydrogen-bond acceptors (Lipinski definition) is 3. The molecule has 4 nitrogen and oxygen atoms in total. The molecule has 1 aromatic carbocycles. The lowest BCUT2D eigenvalue weighted by Crippen LogP contribution is -2.51. The molecule has 0 aromatic heterocycles. The zero-order valence-corrected chi connectivity index (χ0v) is 13.3. The van der Waals surface area contributed by atoms with Crippen LogP contribution in [-0.4, -0.2) is 31.8 Å². The molecule has 4 heteroatoms. The van der Waals surface area contributed by atoms with E-state index < -0.39 is 0 Å². The number of nitrogens with one attached hydrogen (secondary N) is 1. The van der Waals surface area contributed by atoms with Crippen molar-refractivity contribution in [2.24, 2.45) is 5.92 Å². The molecule has 0 saturated heterocycles. The summed E-state index contributed by atoms with van der Waals surface area (Å²) >= 11 is 0. The van der Waals surface area contributed by atoms with Crippen molar-refractivity contribution >= 4 is 5.91 Å². The Hall–Kier alpha value is -1.55. The minimum Gasteiger partial charge on any atom is -0.493 e. The number of carbonyl (C=O) groups excluding carboxylic acids is 1. The van der Waals surface area contributed by atoms with E-state index in [1.165, 1.54) is 12.8 Å². The summed E-state index contributed by atoms with van der Waals surface area (Å²) in [5.41, 5.74) is 0.978. The number of carbonyl (C=O) groups is 1. The van der Waals surface area contributed by atoms with E-state index in [1.807, 2.05) is 18.2 Å². The van der Waals surface area contributed by atoms with Gasteiger partial charge in [0.15, 0.2) is 0 Å². The summed E-state index contributed by atoms with van der Waals surface area (Å²) in [5.74, 6) is 1.06. The molecule has 0 radical (unpaired) electrons. The molecule has 22 heavy (non-hydrogen) atoms. The van der Waals surface area contributed by atoms with Crippen LogP contribution in [0.4, 0.5) is 0 Å². The van der Waals surface area contributed by atoms with Crippen molar-refractivity contribution in [2.45, 2.75) is 44.1 Å². The zero-order chi connectivity index (χ0) is 15.4. The summed E-state index contributed by atoms with van der Waals surface area (Å²) in [7, 11) is 1.71. The molecule has 0 spiro atoms. The van der Waals surface area contributed by atoms with Crippen LogP contribution in [0.2, 0.25) is 0 Å². The molecular formula is C18H25NO3. The molecule has 1 aliphatic carbocycles. The molecule has 1 aromatic rings. The van der Waals surface area contributed by atoms with Gasteiger partial charge in [0, 0.05) is 13.0 Å². The van der Waals surface area contributed by atoms with Crippen LogP contribution in [0.3, 0.4) is 0 Å². The molecular weight excluding hydrogens is 278 g/mol.